The molecule has 2 aromatic heterocycles. The summed E-state index contributed by atoms with van der Waals surface area (Å²) in [5, 5.41) is 0. The van der Waals surface area contributed by atoms with Crippen LogP contribution in [0.4, 0.5) is 8.78 Å². The average molecular weight is 435 g/mol. The molecule has 0 bridgehead atoms. The smallest absolute Gasteiger partial charge is 0.255 e. The quantitative estimate of drug-likeness (QED) is 0.679. The SMILES string of the molecule is O=c1[nH]c(C2=NCCCC2)nc2c1CN(Cc1ccc(-c3ccc(F)c(F)c3)nc1)CC2. The van der Waals surface area contributed by atoms with Crippen molar-refractivity contribution < 1.29 is 8.78 Å². The number of halogens is 2. The first-order valence-electron chi connectivity index (χ1n) is 10.9. The highest BCUT2D eigenvalue weighted by Gasteiger charge is 2.23. The van der Waals surface area contributed by atoms with E-state index in [2.05, 4.69) is 19.9 Å². The summed E-state index contributed by atoms with van der Waals surface area (Å²) in [7, 11) is 0. The molecule has 6 nitrogen and oxygen atoms in total. The van der Waals surface area contributed by atoms with Crippen molar-refractivity contribution in [2.24, 2.45) is 4.99 Å². The first kappa shape index (κ1) is 20.6. The van der Waals surface area contributed by atoms with Crippen molar-refractivity contribution in [2.45, 2.75) is 38.8 Å². The first-order valence-corrected chi connectivity index (χ1v) is 10.9. The molecule has 2 aliphatic heterocycles. The number of nitrogens with zero attached hydrogens (tertiary/aromatic N) is 4. The molecule has 4 heterocycles. The zero-order chi connectivity index (χ0) is 22.1. The van der Waals surface area contributed by atoms with E-state index in [0.29, 0.717) is 42.2 Å². The Labute approximate surface area is 184 Å². The molecule has 1 aromatic carbocycles. The summed E-state index contributed by atoms with van der Waals surface area (Å²) in [6, 6.07) is 7.47. The molecule has 32 heavy (non-hydrogen) atoms. The van der Waals surface area contributed by atoms with E-state index >= 15 is 0 Å². The minimum absolute atomic E-state index is 0.0882. The molecular weight excluding hydrogens is 412 g/mol. The Hall–Kier alpha value is -3.26. The van der Waals surface area contributed by atoms with Crippen LogP contribution >= 0.6 is 0 Å². The molecule has 1 N–H and O–H groups in total. The van der Waals surface area contributed by atoms with Crippen molar-refractivity contribution in [1.82, 2.24) is 19.9 Å². The second kappa shape index (κ2) is 8.70. The Kier molecular flexibility index (Phi) is 5.61. The normalized spacial score (nSPS) is 16.5. The van der Waals surface area contributed by atoms with Gasteiger partial charge in [-0.1, -0.05) is 6.07 Å². The molecule has 0 amide bonds. The summed E-state index contributed by atoms with van der Waals surface area (Å²) in [5.41, 5.74) is 4.48. The van der Waals surface area contributed by atoms with E-state index in [1.165, 1.54) is 6.07 Å². The van der Waals surface area contributed by atoms with Crippen LogP contribution in [0.25, 0.3) is 11.3 Å². The topological polar surface area (TPSA) is 74.2 Å². The van der Waals surface area contributed by atoms with Gasteiger partial charge in [-0.25, -0.2) is 13.8 Å². The zero-order valence-corrected chi connectivity index (χ0v) is 17.6. The predicted molar refractivity (Wildman–Crippen MR) is 118 cm³/mol. The summed E-state index contributed by atoms with van der Waals surface area (Å²) in [6.45, 7) is 2.75. The molecule has 0 fully saturated rings. The van der Waals surface area contributed by atoms with E-state index in [9.17, 15) is 13.6 Å². The maximum atomic E-state index is 13.5. The second-order valence-electron chi connectivity index (χ2n) is 8.27. The van der Waals surface area contributed by atoms with Gasteiger partial charge in [0.25, 0.3) is 5.56 Å². The molecule has 2 aliphatic rings. The Balaban J connectivity index is 1.29. The highest BCUT2D eigenvalue weighted by Crippen LogP contribution is 2.22. The van der Waals surface area contributed by atoms with Crippen molar-refractivity contribution >= 4 is 5.71 Å². The van der Waals surface area contributed by atoms with Crippen molar-refractivity contribution in [1.29, 1.82) is 0 Å². The maximum Gasteiger partial charge on any atom is 0.255 e. The van der Waals surface area contributed by atoms with Gasteiger partial charge in [0.05, 0.1) is 22.7 Å². The minimum atomic E-state index is -0.891. The van der Waals surface area contributed by atoms with Crippen molar-refractivity contribution in [3.63, 3.8) is 0 Å². The molecule has 0 saturated heterocycles. The molecule has 0 aliphatic carbocycles. The number of nitrogens with one attached hydrogen (secondary N) is 1. The van der Waals surface area contributed by atoms with Crippen molar-refractivity contribution in [3.05, 3.63) is 81.2 Å². The van der Waals surface area contributed by atoms with Crippen molar-refractivity contribution in [3.8, 4) is 11.3 Å². The van der Waals surface area contributed by atoms with E-state index in [1.807, 2.05) is 6.07 Å². The third kappa shape index (κ3) is 4.23. The van der Waals surface area contributed by atoms with Crippen LogP contribution in [0.15, 0.2) is 46.3 Å². The fourth-order valence-electron chi connectivity index (χ4n) is 4.25. The van der Waals surface area contributed by atoms with Crippen LogP contribution in [0, 0.1) is 11.6 Å². The number of rotatable bonds is 4. The number of benzene rings is 1. The first-order chi connectivity index (χ1) is 15.6. The number of fused-ring (bicyclic) bond motifs is 1. The highest BCUT2D eigenvalue weighted by molar-refractivity contribution is 5.97. The van der Waals surface area contributed by atoms with Crippen LogP contribution in [0.1, 0.15) is 41.9 Å². The molecule has 8 heteroatoms. The van der Waals surface area contributed by atoms with Gasteiger partial charge in [-0.15, -0.1) is 0 Å². The van der Waals surface area contributed by atoms with Crippen LogP contribution in [0.2, 0.25) is 0 Å². The van der Waals surface area contributed by atoms with Gasteiger partial charge in [0.2, 0.25) is 0 Å². The lowest BCUT2D eigenvalue weighted by molar-refractivity contribution is 0.241. The lowest BCUT2D eigenvalue weighted by Gasteiger charge is -2.27. The van der Waals surface area contributed by atoms with E-state index < -0.39 is 11.6 Å². The molecule has 0 radical (unpaired) electrons. The van der Waals surface area contributed by atoms with Gasteiger partial charge in [-0.3, -0.25) is 19.7 Å². The lowest BCUT2D eigenvalue weighted by Crippen LogP contribution is -2.36. The summed E-state index contributed by atoms with van der Waals surface area (Å²) >= 11 is 0. The molecule has 3 aromatic rings. The van der Waals surface area contributed by atoms with Crippen LogP contribution < -0.4 is 5.56 Å². The average Bonchev–Trinajstić information content (AvgIpc) is 2.82. The van der Waals surface area contributed by atoms with E-state index in [-0.39, 0.29) is 5.56 Å². The molecular formula is C24H23F2N5O. The van der Waals surface area contributed by atoms with Crippen molar-refractivity contribution in [2.75, 3.05) is 13.1 Å². The Bertz CT molecular complexity index is 1240. The Morgan fingerprint density at radius 3 is 2.72 bits per heavy atom. The standard InChI is InChI=1S/C24H23F2N5O/c25-18-6-5-16(11-19(18)26)20-7-4-15(12-28-20)13-31-10-8-21-17(14-31)24(32)30-23(29-21)22-3-1-2-9-27-22/h4-7,11-12H,1-3,8-10,13-14H2,(H,29,30,32). The molecule has 5 rings (SSSR count). The van der Waals surface area contributed by atoms with Gasteiger partial charge in [0.15, 0.2) is 17.5 Å². The number of pyridine rings is 1. The number of hydrogen-bond donors (Lipinski definition) is 1. The van der Waals surface area contributed by atoms with Crippen LogP contribution in [-0.4, -0.2) is 38.7 Å². The predicted octanol–water partition coefficient (Wildman–Crippen LogP) is 3.64. The summed E-state index contributed by atoms with van der Waals surface area (Å²) < 4.78 is 26.6. The molecule has 164 valence electrons. The summed E-state index contributed by atoms with van der Waals surface area (Å²) in [4.78, 5) is 31.5. The van der Waals surface area contributed by atoms with Crippen LogP contribution in [-0.2, 0) is 19.5 Å². The van der Waals surface area contributed by atoms with Gasteiger partial charge in [-0.2, -0.15) is 0 Å². The summed E-state index contributed by atoms with van der Waals surface area (Å²) in [6.07, 6.45) is 5.47. The summed E-state index contributed by atoms with van der Waals surface area (Å²) in [5.74, 6) is -1.14. The molecule has 0 unspecified atom stereocenters. The third-order valence-corrected chi connectivity index (χ3v) is 5.99. The number of hydrogen-bond acceptors (Lipinski definition) is 5. The largest absolute Gasteiger partial charge is 0.305 e. The van der Waals surface area contributed by atoms with Gasteiger partial charge >= 0.3 is 0 Å². The molecule has 0 spiro atoms. The minimum Gasteiger partial charge on any atom is -0.305 e. The van der Waals surface area contributed by atoms with Gasteiger partial charge in [0, 0.05) is 44.4 Å². The Morgan fingerprint density at radius 1 is 1.06 bits per heavy atom. The number of H-pyrrole nitrogens is 1. The van der Waals surface area contributed by atoms with E-state index in [1.54, 1.807) is 12.3 Å². The third-order valence-electron chi connectivity index (χ3n) is 5.99. The number of aromatic amines is 1. The zero-order valence-electron chi connectivity index (χ0n) is 17.6. The van der Waals surface area contributed by atoms with Gasteiger partial charge in [0.1, 0.15) is 0 Å². The highest BCUT2D eigenvalue weighted by atomic mass is 19.2. The maximum absolute atomic E-state index is 13.5. The molecule has 0 atom stereocenters. The van der Waals surface area contributed by atoms with Gasteiger partial charge < -0.3 is 4.98 Å². The fourth-order valence-corrected chi connectivity index (χ4v) is 4.25. The van der Waals surface area contributed by atoms with Crippen LogP contribution in [0.5, 0.6) is 0 Å². The number of aromatic nitrogens is 3. The number of aliphatic imine (C=N–C) groups is 1. The monoisotopic (exact) mass is 435 g/mol. The molecule has 0 saturated carbocycles. The van der Waals surface area contributed by atoms with Gasteiger partial charge in [-0.05, 0) is 49.1 Å². The van der Waals surface area contributed by atoms with E-state index in [0.717, 1.165) is 61.5 Å². The lowest BCUT2D eigenvalue weighted by atomic mass is 10.0. The Morgan fingerprint density at radius 2 is 1.97 bits per heavy atom. The fraction of sp³-hybridized carbons (Fsp3) is 0.333. The second-order valence-corrected chi connectivity index (χ2v) is 8.27. The van der Waals surface area contributed by atoms with E-state index in [4.69, 9.17) is 4.98 Å². The van der Waals surface area contributed by atoms with Crippen LogP contribution in [0.3, 0.4) is 0 Å².